The molecule has 4 rings (SSSR count). The molecule has 2 amide bonds. The number of nitrogens with one attached hydrogen (secondary N) is 1. The number of amides is 2. The molecule has 3 atom stereocenters. The normalized spacial score (nSPS) is 21.0. The Morgan fingerprint density at radius 3 is 2.56 bits per heavy atom. The van der Waals surface area contributed by atoms with Crippen LogP contribution in [0.1, 0.15) is 30.6 Å². The number of aliphatic hydroxyl groups is 1. The van der Waals surface area contributed by atoms with Gasteiger partial charge >= 0.3 is 0 Å². The molecule has 2 aliphatic rings. The maximum absolute atomic E-state index is 13.7. The van der Waals surface area contributed by atoms with Crippen molar-refractivity contribution in [1.29, 1.82) is 0 Å². The van der Waals surface area contributed by atoms with Crippen LogP contribution < -0.4 is 10.1 Å². The van der Waals surface area contributed by atoms with Crippen molar-refractivity contribution in [3.8, 4) is 5.75 Å². The smallest absolute Gasteiger partial charge is 0.258 e. The molecule has 1 saturated heterocycles. The van der Waals surface area contributed by atoms with E-state index in [9.17, 15) is 23.1 Å². The first-order valence-corrected chi connectivity index (χ1v) is 15.4. The number of rotatable bonds is 10. The minimum atomic E-state index is -3.76. The molecule has 11 nitrogen and oxygen atoms in total. The standard InChI is InChI=1S/C29H40N4O7S/c1-21-18-33(22(2)20-34)29(36)25-17-23(30-28(35)11-12-32-13-15-39-16-14-32)9-10-26(25)40-27(21)19-31(3)41(37,38)24-7-5-4-6-8-24/h4-10,17,21-22,27,34H,11-16,18-20H2,1-3H3,(H,30,35)/t21-,22+,27-/m0/s1. The van der Waals surface area contributed by atoms with E-state index >= 15 is 0 Å². The highest BCUT2D eigenvalue weighted by Gasteiger charge is 2.35. The van der Waals surface area contributed by atoms with Crippen LogP contribution in [0.25, 0.3) is 0 Å². The van der Waals surface area contributed by atoms with E-state index in [-0.39, 0.29) is 47.9 Å². The van der Waals surface area contributed by atoms with Gasteiger partial charge in [0.15, 0.2) is 0 Å². The number of likely N-dealkylation sites (N-methyl/N-ethyl adjacent to an activating group) is 1. The number of benzene rings is 2. The molecule has 0 spiro atoms. The summed E-state index contributed by atoms with van der Waals surface area (Å²) in [6.07, 6.45) is -0.288. The molecule has 41 heavy (non-hydrogen) atoms. The van der Waals surface area contributed by atoms with Gasteiger partial charge in [0, 0.05) is 51.3 Å². The van der Waals surface area contributed by atoms with Gasteiger partial charge < -0.3 is 24.8 Å². The summed E-state index contributed by atoms with van der Waals surface area (Å²) < 4.78 is 39.3. The number of hydrogen-bond donors (Lipinski definition) is 2. The summed E-state index contributed by atoms with van der Waals surface area (Å²) in [5, 5.41) is 12.8. The maximum atomic E-state index is 13.7. The highest BCUT2D eigenvalue weighted by atomic mass is 32.2. The second-order valence-corrected chi connectivity index (χ2v) is 12.7. The quantitative estimate of drug-likeness (QED) is 0.431. The number of aliphatic hydroxyl groups excluding tert-OH is 1. The summed E-state index contributed by atoms with van der Waals surface area (Å²) in [4.78, 5) is 30.3. The topological polar surface area (TPSA) is 129 Å². The molecule has 0 radical (unpaired) electrons. The van der Waals surface area contributed by atoms with Crippen LogP contribution in [0.2, 0.25) is 0 Å². The summed E-state index contributed by atoms with van der Waals surface area (Å²) in [6.45, 7) is 7.22. The van der Waals surface area contributed by atoms with E-state index in [2.05, 4.69) is 10.2 Å². The summed E-state index contributed by atoms with van der Waals surface area (Å²) in [5.41, 5.74) is 0.694. The van der Waals surface area contributed by atoms with Gasteiger partial charge in [-0.3, -0.25) is 14.5 Å². The van der Waals surface area contributed by atoms with Crippen LogP contribution in [0.15, 0.2) is 53.4 Å². The zero-order chi connectivity index (χ0) is 29.6. The molecule has 0 aromatic heterocycles. The Morgan fingerprint density at radius 2 is 1.88 bits per heavy atom. The van der Waals surface area contributed by atoms with Crippen LogP contribution in [0.5, 0.6) is 5.75 Å². The van der Waals surface area contributed by atoms with Gasteiger partial charge in [-0.1, -0.05) is 25.1 Å². The fourth-order valence-electron chi connectivity index (χ4n) is 4.95. The molecule has 2 aromatic carbocycles. The number of fused-ring (bicyclic) bond motifs is 1. The van der Waals surface area contributed by atoms with Crippen LogP contribution in [0.3, 0.4) is 0 Å². The van der Waals surface area contributed by atoms with Gasteiger partial charge in [0.25, 0.3) is 5.91 Å². The molecular formula is C29H40N4O7S. The molecular weight excluding hydrogens is 548 g/mol. The van der Waals surface area contributed by atoms with Crippen LogP contribution in [0.4, 0.5) is 5.69 Å². The fraction of sp³-hybridized carbons (Fsp3) is 0.517. The first-order chi connectivity index (χ1) is 19.6. The molecule has 0 saturated carbocycles. The summed E-state index contributed by atoms with van der Waals surface area (Å²) in [7, 11) is -2.26. The molecule has 1 fully saturated rings. The van der Waals surface area contributed by atoms with E-state index in [1.807, 2.05) is 6.92 Å². The van der Waals surface area contributed by atoms with Crippen molar-refractivity contribution in [2.45, 2.75) is 37.3 Å². The average Bonchev–Trinajstić information content (AvgIpc) is 2.98. The molecule has 224 valence electrons. The van der Waals surface area contributed by atoms with Crippen LogP contribution in [0, 0.1) is 5.92 Å². The van der Waals surface area contributed by atoms with Crippen molar-refractivity contribution in [1.82, 2.24) is 14.1 Å². The third kappa shape index (κ3) is 7.63. The monoisotopic (exact) mass is 588 g/mol. The molecule has 0 bridgehead atoms. The molecule has 2 heterocycles. The second-order valence-electron chi connectivity index (χ2n) is 10.7. The van der Waals surface area contributed by atoms with E-state index in [4.69, 9.17) is 9.47 Å². The molecule has 2 aromatic rings. The first kappa shape index (κ1) is 30.9. The number of anilines is 1. The van der Waals surface area contributed by atoms with E-state index in [0.29, 0.717) is 37.6 Å². The van der Waals surface area contributed by atoms with Gasteiger partial charge in [-0.25, -0.2) is 8.42 Å². The zero-order valence-electron chi connectivity index (χ0n) is 23.9. The van der Waals surface area contributed by atoms with Crippen molar-refractivity contribution in [3.63, 3.8) is 0 Å². The number of nitrogens with zero attached hydrogens (tertiary/aromatic N) is 3. The third-order valence-electron chi connectivity index (χ3n) is 7.60. The summed E-state index contributed by atoms with van der Waals surface area (Å²) >= 11 is 0. The zero-order valence-corrected chi connectivity index (χ0v) is 24.7. The lowest BCUT2D eigenvalue weighted by atomic mass is 9.99. The van der Waals surface area contributed by atoms with Crippen molar-refractivity contribution in [3.05, 3.63) is 54.1 Å². The van der Waals surface area contributed by atoms with Crippen LogP contribution in [-0.4, -0.2) is 111 Å². The fourth-order valence-corrected chi connectivity index (χ4v) is 6.15. The Hall–Kier alpha value is -3.03. The average molecular weight is 589 g/mol. The highest BCUT2D eigenvalue weighted by molar-refractivity contribution is 7.89. The van der Waals surface area contributed by atoms with Gasteiger partial charge in [-0.05, 0) is 37.3 Å². The Kier molecular flexibility index (Phi) is 10.4. The van der Waals surface area contributed by atoms with E-state index in [0.717, 1.165) is 13.1 Å². The summed E-state index contributed by atoms with van der Waals surface area (Å²) in [5.74, 6) is -0.468. The van der Waals surface area contributed by atoms with Crippen molar-refractivity contribution < 1.29 is 32.6 Å². The van der Waals surface area contributed by atoms with Crippen molar-refractivity contribution in [2.24, 2.45) is 5.92 Å². The number of carbonyl (C=O) groups is 2. The number of ether oxygens (including phenoxy) is 2. The van der Waals surface area contributed by atoms with Gasteiger partial charge in [0.1, 0.15) is 11.9 Å². The van der Waals surface area contributed by atoms with Gasteiger partial charge in [0.2, 0.25) is 15.9 Å². The molecule has 12 heteroatoms. The lowest BCUT2D eigenvalue weighted by molar-refractivity contribution is -0.116. The minimum Gasteiger partial charge on any atom is -0.488 e. The number of morpholine rings is 1. The number of carbonyl (C=O) groups excluding carboxylic acids is 2. The van der Waals surface area contributed by atoms with Crippen molar-refractivity contribution in [2.75, 3.05) is 64.9 Å². The Bertz CT molecular complexity index is 1300. The highest BCUT2D eigenvalue weighted by Crippen LogP contribution is 2.31. The van der Waals surface area contributed by atoms with Gasteiger partial charge in [-0.15, -0.1) is 0 Å². The SMILES string of the molecule is C[C@H](CO)N1C[C@H](C)[C@H](CN(C)S(=O)(=O)c2ccccc2)Oc2ccc(NC(=O)CCN3CCOCC3)cc2C1=O. The van der Waals surface area contributed by atoms with Crippen LogP contribution >= 0.6 is 0 Å². The lowest BCUT2D eigenvalue weighted by Gasteiger charge is -2.38. The predicted molar refractivity (Wildman–Crippen MR) is 154 cm³/mol. The largest absolute Gasteiger partial charge is 0.488 e. The Balaban J connectivity index is 1.55. The minimum absolute atomic E-state index is 0.0490. The number of hydrogen-bond acceptors (Lipinski definition) is 8. The predicted octanol–water partition coefficient (Wildman–Crippen LogP) is 1.89. The molecule has 2 aliphatic heterocycles. The number of sulfonamides is 1. The van der Waals surface area contributed by atoms with E-state index in [1.54, 1.807) is 60.4 Å². The molecule has 0 unspecified atom stereocenters. The van der Waals surface area contributed by atoms with Gasteiger partial charge in [-0.2, -0.15) is 4.31 Å². The van der Waals surface area contributed by atoms with Crippen LogP contribution in [-0.2, 0) is 19.6 Å². The van der Waals surface area contributed by atoms with E-state index in [1.165, 1.54) is 11.4 Å². The first-order valence-electron chi connectivity index (χ1n) is 13.9. The van der Waals surface area contributed by atoms with E-state index < -0.39 is 22.2 Å². The third-order valence-corrected chi connectivity index (χ3v) is 9.43. The second kappa shape index (κ2) is 13.8. The van der Waals surface area contributed by atoms with Crippen molar-refractivity contribution >= 4 is 27.5 Å². The Labute approximate surface area is 242 Å². The Morgan fingerprint density at radius 1 is 1.17 bits per heavy atom. The van der Waals surface area contributed by atoms with Gasteiger partial charge in [0.05, 0.1) is 42.9 Å². The summed E-state index contributed by atoms with van der Waals surface area (Å²) in [6, 6.07) is 12.6. The lowest BCUT2D eigenvalue weighted by Crippen LogP contribution is -2.50. The molecule has 0 aliphatic carbocycles. The molecule has 2 N–H and O–H groups in total. The maximum Gasteiger partial charge on any atom is 0.258 e.